The summed E-state index contributed by atoms with van der Waals surface area (Å²) in [4.78, 5) is 17.0. The van der Waals surface area contributed by atoms with E-state index in [9.17, 15) is 4.79 Å². The largest absolute Gasteiger partial charge is 0.361 e. The number of piperazine rings is 1. The molecule has 1 amide bonds. The summed E-state index contributed by atoms with van der Waals surface area (Å²) in [6.45, 7) is 13.1. The monoisotopic (exact) mass is 370 g/mol. The van der Waals surface area contributed by atoms with Crippen LogP contribution < -0.4 is 5.32 Å². The van der Waals surface area contributed by atoms with E-state index in [4.69, 9.17) is 4.52 Å². The summed E-state index contributed by atoms with van der Waals surface area (Å²) in [6.07, 6.45) is 0. The Hall–Kier alpha value is -2.18. The quantitative estimate of drug-likeness (QED) is 0.847. The molecule has 1 aliphatic rings. The molecule has 3 rings (SSSR count). The molecule has 1 N–H and O–H groups in total. The van der Waals surface area contributed by atoms with Crippen LogP contribution in [-0.2, 0) is 11.3 Å². The fourth-order valence-corrected chi connectivity index (χ4v) is 3.43. The van der Waals surface area contributed by atoms with Gasteiger partial charge in [-0.05, 0) is 44.4 Å². The smallest absolute Gasteiger partial charge is 0.234 e. The molecule has 146 valence electrons. The van der Waals surface area contributed by atoms with Gasteiger partial charge in [-0.2, -0.15) is 0 Å². The summed E-state index contributed by atoms with van der Waals surface area (Å²) >= 11 is 0. The zero-order chi connectivity index (χ0) is 19.4. The lowest BCUT2D eigenvalue weighted by Gasteiger charge is -2.34. The molecule has 0 spiro atoms. The van der Waals surface area contributed by atoms with Gasteiger partial charge in [0.1, 0.15) is 5.76 Å². The van der Waals surface area contributed by atoms with Crippen LogP contribution in [0, 0.1) is 20.8 Å². The van der Waals surface area contributed by atoms with E-state index in [-0.39, 0.29) is 11.9 Å². The van der Waals surface area contributed by atoms with Gasteiger partial charge in [0, 0.05) is 38.8 Å². The van der Waals surface area contributed by atoms with Crippen molar-refractivity contribution in [3.63, 3.8) is 0 Å². The molecule has 1 unspecified atom stereocenters. The molecule has 6 heteroatoms. The van der Waals surface area contributed by atoms with Crippen molar-refractivity contribution in [1.29, 1.82) is 0 Å². The maximum absolute atomic E-state index is 12.4. The highest BCUT2D eigenvalue weighted by molar-refractivity contribution is 5.78. The van der Waals surface area contributed by atoms with E-state index >= 15 is 0 Å². The van der Waals surface area contributed by atoms with Crippen LogP contribution in [-0.4, -0.2) is 53.6 Å². The third-order valence-corrected chi connectivity index (χ3v) is 5.30. The van der Waals surface area contributed by atoms with E-state index in [1.807, 2.05) is 19.9 Å². The Morgan fingerprint density at radius 1 is 1.11 bits per heavy atom. The molecule has 1 aromatic heterocycles. The average Bonchev–Trinajstić information content (AvgIpc) is 3.03. The van der Waals surface area contributed by atoms with E-state index in [1.54, 1.807) is 0 Å². The summed E-state index contributed by atoms with van der Waals surface area (Å²) in [5, 5.41) is 7.18. The molecule has 27 heavy (non-hydrogen) atoms. The van der Waals surface area contributed by atoms with Crippen LogP contribution >= 0.6 is 0 Å². The van der Waals surface area contributed by atoms with Gasteiger partial charge in [0.05, 0.1) is 18.3 Å². The van der Waals surface area contributed by atoms with Gasteiger partial charge in [-0.25, -0.2) is 0 Å². The minimum Gasteiger partial charge on any atom is -0.361 e. The lowest BCUT2D eigenvalue weighted by atomic mass is 10.0. The lowest BCUT2D eigenvalue weighted by Crippen LogP contribution is -2.49. The number of amides is 1. The summed E-state index contributed by atoms with van der Waals surface area (Å²) < 4.78 is 5.13. The fourth-order valence-electron chi connectivity index (χ4n) is 3.43. The number of carbonyl (C=O) groups excluding carboxylic acids is 1. The van der Waals surface area contributed by atoms with Crippen molar-refractivity contribution in [3.8, 4) is 0 Å². The Balaban J connectivity index is 1.43. The molecule has 0 radical (unpaired) electrons. The average molecular weight is 370 g/mol. The van der Waals surface area contributed by atoms with Gasteiger partial charge in [0.25, 0.3) is 0 Å². The van der Waals surface area contributed by atoms with Gasteiger partial charge >= 0.3 is 0 Å². The van der Waals surface area contributed by atoms with Crippen LogP contribution in [0.1, 0.15) is 41.1 Å². The lowest BCUT2D eigenvalue weighted by molar-refractivity contribution is -0.123. The summed E-state index contributed by atoms with van der Waals surface area (Å²) in [5.74, 6) is 0.930. The van der Waals surface area contributed by atoms with E-state index in [0.717, 1.165) is 49.7 Å². The first-order chi connectivity index (χ1) is 12.9. The van der Waals surface area contributed by atoms with E-state index in [2.05, 4.69) is 52.3 Å². The zero-order valence-electron chi connectivity index (χ0n) is 16.8. The molecule has 1 aromatic carbocycles. The van der Waals surface area contributed by atoms with Crippen LogP contribution in [0.25, 0.3) is 0 Å². The van der Waals surface area contributed by atoms with Crippen molar-refractivity contribution < 1.29 is 9.32 Å². The second kappa shape index (κ2) is 8.67. The molecule has 0 bridgehead atoms. The van der Waals surface area contributed by atoms with Gasteiger partial charge in [0.15, 0.2) is 0 Å². The van der Waals surface area contributed by atoms with E-state index in [1.165, 1.54) is 11.1 Å². The summed E-state index contributed by atoms with van der Waals surface area (Å²) in [7, 11) is 0. The van der Waals surface area contributed by atoms with Crippen molar-refractivity contribution in [2.75, 3.05) is 32.7 Å². The Morgan fingerprint density at radius 2 is 1.81 bits per heavy atom. The summed E-state index contributed by atoms with van der Waals surface area (Å²) in [6, 6.07) is 8.37. The SMILES string of the molecule is Cc1cc(CN2CCN(CC(=O)NC(C)c3ccc(C)c(C)c3)CC2)no1. The number of rotatable bonds is 6. The van der Waals surface area contributed by atoms with Crippen LogP contribution in [0.5, 0.6) is 0 Å². The number of nitrogens with zero attached hydrogens (tertiary/aromatic N) is 3. The second-order valence-electron chi connectivity index (χ2n) is 7.61. The molecule has 6 nitrogen and oxygen atoms in total. The van der Waals surface area contributed by atoms with E-state index < -0.39 is 0 Å². The molecule has 1 saturated heterocycles. The third kappa shape index (κ3) is 5.40. The van der Waals surface area contributed by atoms with Gasteiger partial charge in [-0.3, -0.25) is 14.6 Å². The zero-order valence-corrected chi connectivity index (χ0v) is 16.8. The summed E-state index contributed by atoms with van der Waals surface area (Å²) in [5.41, 5.74) is 4.66. The molecular weight excluding hydrogens is 340 g/mol. The van der Waals surface area contributed by atoms with Crippen LogP contribution in [0.4, 0.5) is 0 Å². The van der Waals surface area contributed by atoms with Gasteiger partial charge in [0.2, 0.25) is 5.91 Å². The Kier molecular flexibility index (Phi) is 6.29. The van der Waals surface area contributed by atoms with Crippen molar-refractivity contribution in [3.05, 3.63) is 52.4 Å². The van der Waals surface area contributed by atoms with Crippen LogP contribution in [0.3, 0.4) is 0 Å². The van der Waals surface area contributed by atoms with Crippen molar-refractivity contribution in [2.24, 2.45) is 0 Å². The maximum Gasteiger partial charge on any atom is 0.234 e. The number of hydrogen-bond acceptors (Lipinski definition) is 5. The molecule has 1 aliphatic heterocycles. The minimum absolute atomic E-state index is 0.0218. The highest BCUT2D eigenvalue weighted by atomic mass is 16.5. The van der Waals surface area contributed by atoms with Gasteiger partial charge < -0.3 is 9.84 Å². The Bertz CT molecular complexity index is 778. The molecule has 2 heterocycles. The number of nitrogens with one attached hydrogen (secondary N) is 1. The van der Waals surface area contributed by atoms with Crippen LogP contribution in [0.2, 0.25) is 0 Å². The van der Waals surface area contributed by atoms with Crippen molar-refractivity contribution in [2.45, 2.75) is 40.3 Å². The normalized spacial score (nSPS) is 17.0. The minimum atomic E-state index is 0.0218. The molecule has 2 aromatic rings. The highest BCUT2D eigenvalue weighted by Crippen LogP contribution is 2.17. The first-order valence-electron chi connectivity index (χ1n) is 9.64. The standard InChI is InChI=1S/C21H30N4O2/c1-15-5-6-19(11-16(15)2)18(4)22-21(26)14-25-9-7-24(8-10-25)13-20-12-17(3)27-23-20/h5-6,11-12,18H,7-10,13-14H2,1-4H3,(H,22,26). The Morgan fingerprint density at radius 3 is 2.44 bits per heavy atom. The number of benzene rings is 1. The number of aromatic nitrogens is 1. The fraction of sp³-hybridized carbons (Fsp3) is 0.524. The highest BCUT2D eigenvalue weighted by Gasteiger charge is 2.20. The first-order valence-corrected chi connectivity index (χ1v) is 9.64. The molecule has 1 atom stereocenters. The van der Waals surface area contributed by atoms with Crippen LogP contribution in [0.15, 0.2) is 28.8 Å². The Labute approximate surface area is 161 Å². The second-order valence-corrected chi connectivity index (χ2v) is 7.61. The van der Waals surface area contributed by atoms with E-state index in [0.29, 0.717) is 6.54 Å². The van der Waals surface area contributed by atoms with Crippen molar-refractivity contribution >= 4 is 5.91 Å². The van der Waals surface area contributed by atoms with Gasteiger partial charge in [-0.1, -0.05) is 23.4 Å². The predicted octanol–water partition coefficient (Wildman–Crippen LogP) is 2.59. The number of aryl methyl sites for hydroxylation is 3. The third-order valence-electron chi connectivity index (χ3n) is 5.30. The topological polar surface area (TPSA) is 61.6 Å². The molecule has 1 fully saturated rings. The number of carbonyl (C=O) groups is 1. The number of hydrogen-bond donors (Lipinski definition) is 1. The molecule has 0 saturated carbocycles. The van der Waals surface area contributed by atoms with Crippen molar-refractivity contribution in [1.82, 2.24) is 20.3 Å². The molecular formula is C21H30N4O2. The maximum atomic E-state index is 12.4. The predicted molar refractivity (Wildman–Crippen MR) is 105 cm³/mol. The molecule has 0 aliphatic carbocycles. The van der Waals surface area contributed by atoms with Gasteiger partial charge in [-0.15, -0.1) is 0 Å². The first kappa shape index (κ1) is 19.6.